The van der Waals surface area contributed by atoms with Gasteiger partial charge in [0.05, 0.1) is 7.11 Å². The highest BCUT2D eigenvalue weighted by molar-refractivity contribution is 5.90. The Morgan fingerprint density at radius 2 is 2.19 bits per heavy atom. The maximum Gasteiger partial charge on any atom is 0.131 e. The van der Waals surface area contributed by atoms with Gasteiger partial charge in [-0.1, -0.05) is 6.07 Å². The molecule has 2 rings (SSSR count). The van der Waals surface area contributed by atoms with E-state index in [4.69, 9.17) is 10.5 Å². The van der Waals surface area contributed by atoms with E-state index in [1.165, 1.54) is 16.5 Å². The summed E-state index contributed by atoms with van der Waals surface area (Å²) < 4.78 is 5.53. The number of fused-ring (bicyclic) bond motifs is 1. The SMILES string of the molecule is COc1c(CCCN)ccc2[nH]cc(C)c12. The Labute approximate surface area is 95.6 Å². The van der Waals surface area contributed by atoms with E-state index in [1.54, 1.807) is 7.11 Å². The van der Waals surface area contributed by atoms with Gasteiger partial charge in [-0.3, -0.25) is 0 Å². The molecular weight excluding hydrogens is 200 g/mol. The standard InChI is InChI=1S/C13H18N2O/c1-9-8-15-11-6-5-10(4-3-7-14)13(16-2)12(9)11/h5-6,8,15H,3-4,7,14H2,1-2H3. The van der Waals surface area contributed by atoms with E-state index in [-0.39, 0.29) is 0 Å². The quantitative estimate of drug-likeness (QED) is 0.827. The Kier molecular flexibility index (Phi) is 3.15. The Balaban J connectivity index is 2.53. The molecule has 16 heavy (non-hydrogen) atoms. The number of nitrogens with one attached hydrogen (secondary N) is 1. The van der Waals surface area contributed by atoms with Crippen LogP contribution < -0.4 is 10.5 Å². The van der Waals surface area contributed by atoms with Gasteiger partial charge in [-0.2, -0.15) is 0 Å². The zero-order valence-electron chi connectivity index (χ0n) is 9.84. The molecule has 3 nitrogen and oxygen atoms in total. The number of nitrogens with two attached hydrogens (primary N) is 1. The van der Waals surface area contributed by atoms with E-state index in [0.717, 1.165) is 24.1 Å². The molecule has 0 radical (unpaired) electrons. The molecule has 0 bridgehead atoms. The molecule has 0 saturated heterocycles. The highest BCUT2D eigenvalue weighted by Crippen LogP contribution is 2.32. The molecule has 0 atom stereocenters. The number of aromatic nitrogens is 1. The number of rotatable bonds is 4. The van der Waals surface area contributed by atoms with Crippen LogP contribution in [-0.4, -0.2) is 18.6 Å². The van der Waals surface area contributed by atoms with Gasteiger partial charge in [0.1, 0.15) is 5.75 Å². The van der Waals surface area contributed by atoms with Gasteiger partial charge in [0.25, 0.3) is 0 Å². The predicted molar refractivity (Wildman–Crippen MR) is 67.0 cm³/mol. The lowest BCUT2D eigenvalue weighted by Crippen LogP contribution is -2.01. The van der Waals surface area contributed by atoms with Gasteiger partial charge in [-0.15, -0.1) is 0 Å². The number of methoxy groups -OCH3 is 1. The summed E-state index contributed by atoms with van der Waals surface area (Å²) in [5, 5.41) is 1.19. The van der Waals surface area contributed by atoms with E-state index >= 15 is 0 Å². The van der Waals surface area contributed by atoms with Crippen LogP contribution >= 0.6 is 0 Å². The summed E-state index contributed by atoms with van der Waals surface area (Å²) >= 11 is 0. The first kappa shape index (κ1) is 11.0. The minimum Gasteiger partial charge on any atom is -0.496 e. The van der Waals surface area contributed by atoms with Gasteiger partial charge < -0.3 is 15.5 Å². The van der Waals surface area contributed by atoms with Crippen LogP contribution in [0.15, 0.2) is 18.3 Å². The highest BCUT2D eigenvalue weighted by Gasteiger charge is 2.10. The molecule has 0 fully saturated rings. The Bertz CT molecular complexity index is 488. The molecule has 3 heteroatoms. The molecule has 0 spiro atoms. The number of benzene rings is 1. The first-order valence-corrected chi connectivity index (χ1v) is 5.61. The van der Waals surface area contributed by atoms with Crippen molar-refractivity contribution in [2.75, 3.05) is 13.7 Å². The summed E-state index contributed by atoms with van der Waals surface area (Å²) in [6, 6.07) is 4.23. The monoisotopic (exact) mass is 218 g/mol. The maximum atomic E-state index is 5.54. The van der Waals surface area contributed by atoms with Crippen molar-refractivity contribution >= 4 is 10.9 Å². The molecular formula is C13H18N2O. The first-order valence-electron chi connectivity index (χ1n) is 5.61. The molecule has 1 aromatic carbocycles. The largest absolute Gasteiger partial charge is 0.496 e. The normalized spacial score (nSPS) is 10.9. The molecule has 2 aromatic rings. The molecule has 0 unspecified atom stereocenters. The number of aryl methyl sites for hydroxylation is 2. The fourth-order valence-electron chi connectivity index (χ4n) is 2.12. The molecule has 0 amide bonds. The smallest absolute Gasteiger partial charge is 0.131 e. The summed E-state index contributed by atoms with van der Waals surface area (Å²) in [6.45, 7) is 2.81. The predicted octanol–water partition coefficient (Wildman–Crippen LogP) is 2.38. The Hall–Kier alpha value is -1.48. The van der Waals surface area contributed by atoms with E-state index in [2.05, 4.69) is 24.0 Å². The minimum atomic E-state index is 0.716. The average Bonchev–Trinajstić information content (AvgIpc) is 2.68. The lowest BCUT2D eigenvalue weighted by molar-refractivity contribution is 0.414. The van der Waals surface area contributed by atoms with Gasteiger partial charge >= 0.3 is 0 Å². The van der Waals surface area contributed by atoms with E-state index in [0.29, 0.717) is 6.54 Å². The summed E-state index contributed by atoms with van der Waals surface area (Å²) in [6.07, 6.45) is 3.98. The van der Waals surface area contributed by atoms with Crippen molar-refractivity contribution in [1.29, 1.82) is 0 Å². The van der Waals surface area contributed by atoms with E-state index < -0.39 is 0 Å². The van der Waals surface area contributed by atoms with Crippen LogP contribution in [0.3, 0.4) is 0 Å². The number of ether oxygens (including phenoxy) is 1. The van der Waals surface area contributed by atoms with Crippen molar-refractivity contribution in [2.24, 2.45) is 5.73 Å². The molecule has 0 saturated carbocycles. The topological polar surface area (TPSA) is 51.0 Å². The second-order valence-electron chi connectivity index (χ2n) is 4.04. The number of aromatic amines is 1. The van der Waals surface area contributed by atoms with Gasteiger partial charge in [-0.25, -0.2) is 0 Å². The third-order valence-electron chi connectivity index (χ3n) is 2.93. The van der Waals surface area contributed by atoms with Crippen LogP contribution in [0.4, 0.5) is 0 Å². The second kappa shape index (κ2) is 4.58. The van der Waals surface area contributed by atoms with Crippen LogP contribution in [-0.2, 0) is 6.42 Å². The van der Waals surface area contributed by atoms with E-state index in [9.17, 15) is 0 Å². The third-order valence-corrected chi connectivity index (χ3v) is 2.93. The van der Waals surface area contributed by atoms with Gasteiger partial charge in [-0.05, 0) is 43.5 Å². The number of hydrogen-bond acceptors (Lipinski definition) is 2. The Morgan fingerprint density at radius 1 is 1.38 bits per heavy atom. The van der Waals surface area contributed by atoms with Crippen molar-refractivity contribution in [3.63, 3.8) is 0 Å². The zero-order valence-corrected chi connectivity index (χ0v) is 9.84. The van der Waals surface area contributed by atoms with Gasteiger partial charge in [0.15, 0.2) is 0 Å². The van der Waals surface area contributed by atoms with Crippen molar-refractivity contribution in [2.45, 2.75) is 19.8 Å². The molecule has 0 aliphatic rings. The summed E-state index contributed by atoms with van der Waals surface area (Å²) in [5.41, 5.74) is 9.14. The van der Waals surface area contributed by atoms with Gasteiger partial charge in [0, 0.05) is 17.1 Å². The first-order chi connectivity index (χ1) is 7.77. The summed E-state index contributed by atoms with van der Waals surface area (Å²) in [5.74, 6) is 0.990. The molecule has 86 valence electrons. The minimum absolute atomic E-state index is 0.716. The molecule has 0 aliphatic carbocycles. The highest BCUT2D eigenvalue weighted by atomic mass is 16.5. The Morgan fingerprint density at radius 3 is 2.88 bits per heavy atom. The van der Waals surface area contributed by atoms with Crippen LogP contribution in [0.25, 0.3) is 10.9 Å². The molecule has 0 aliphatic heterocycles. The van der Waals surface area contributed by atoms with E-state index in [1.807, 2.05) is 6.20 Å². The van der Waals surface area contributed by atoms with Crippen molar-refractivity contribution in [1.82, 2.24) is 4.98 Å². The lowest BCUT2D eigenvalue weighted by atomic mass is 10.0. The van der Waals surface area contributed by atoms with Crippen LogP contribution in [0.2, 0.25) is 0 Å². The van der Waals surface area contributed by atoms with Crippen LogP contribution in [0, 0.1) is 6.92 Å². The van der Waals surface area contributed by atoms with Gasteiger partial charge in [0.2, 0.25) is 0 Å². The third kappa shape index (κ3) is 1.78. The summed E-state index contributed by atoms with van der Waals surface area (Å²) in [7, 11) is 1.73. The average molecular weight is 218 g/mol. The fraction of sp³-hybridized carbons (Fsp3) is 0.385. The number of H-pyrrole nitrogens is 1. The summed E-state index contributed by atoms with van der Waals surface area (Å²) in [4.78, 5) is 3.24. The van der Waals surface area contributed by atoms with Crippen molar-refractivity contribution in [3.8, 4) is 5.75 Å². The second-order valence-corrected chi connectivity index (χ2v) is 4.04. The molecule has 3 N–H and O–H groups in total. The lowest BCUT2D eigenvalue weighted by Gasteiger charge is -2.10. The number of hydrogen-bond donors (Lipinski definition) is 2. The van der Waals surface area contributed by atoms with Crippen molar-refractivity contribution < 1.29 is 4.74 Å². The maximum absolute atomic E-state index is 5.54. The van der Waals surface area contributed by atoms with Crippen LogP contribution in [0.1, 0.15) is 17.5 Å². The molecule has 1 heterocycles. The zero-order chi connectivity index (χ0) is 11.5. The molecule has 1 aromatic heterocycles. The van der Waals surface area contributed by atoms with Crippen molar-refractivity contribution in [3.05, 3.63) is 29.5 Å². The fourth-order valence-corrected chi connectivity index (χ4v) is 2.12. The van der Waals surface area contributed by atoms with Crippen LogP contribution in [0.5, 0.6) is 5.75 Å².